The Morgan fingerprint density at radius 2 is 2.37 bits per heavy atom. The van der Waals surface area contributed by atoms with Crippen LogP contribution in [0.1, 0.15) is 11.8 Å². The number of hydrogen-bond acceptors (Lipinski definition) is 3. The summed E-state index contributed by atoms with van der Waals surface area (Å²) in [6.07, 6.45) is 0. The van der Waals surface area contributed by atoms with Crippen LogP contribution in [0.3, 0.4) is 0 Å². The van der Waals surface area contributed by atoms with Crippen LogP contribution in [0.15, 0.2) is 12.1 Å². The second-order valence-corrected chi connectivity index (χ2v) is 6.47. The average Bonchev–Trinajstić information content (AvgIpc) is 2.96. The van der Waals surface area contributed by atoms with Gasteiger partial charge in [0.05, 0.1) is 16.3 Å². The van der Waals surface area contributed by atoms with Crippen LogP contribution >= 0.6 is 22.9 Å². The van der Waals surface area contributed by atoms with E-state index in [-0.39, 0.29) is 18.0 Å². The van der Waals surface area contributed by atoms with Gasteiger partial charge in [-0.2, -0.15) is 0 Å². The molecule has 0 aromatic carbocycles. The van der Waals surface area contributed by atoms with Crippen LogP contribution in [-0.4, -0.2) is 43.0 Å². The van der Waals surface area contributed by atoms with Crippen molar-refractivity contribution in [3.8, 4) is 0 Å². The molecule has 0 saturated carbocycles. The molecule has 1 aliphatic rings. The molecule has 1 aromatic heterocycles. The van der Waals surface area contributed by atoms with Crippen molar-refractivity contribution in [2.24, 2.45) is 0 Å². The normalized spacial score (nSPS) is 18.3. The van der Waals surface area contributed by atoms with Crippen LogP contribution < -0.4 is 10.2 Å². The second kappa shape index (κ2) is 5.90. The zero-order chi connectivity index (χ0) is 14.0. The van der Waals surface area contributed by atoms with E-state index in [4.69, 9.17) is 11.6 Å². The summed E-state index contributed by atoms with van der Waals surface area (Å²) in [6, 6.07) is 3.28. The lowest BCUT2D eigenvalue weighted by atomic mass is 10.2. The number of nitrogens with zero attached hydrogens (tertiary/aromatic N) is 1. The van der Waals surface area contributed by atoms with Crippen molar-refractivity contribution in [2.45, 2.75) is 19.5 Å². The molecule has 0 radical (unpaired) electrons. The van der Waals surface area contributed by atoms with Crippen molar-refractivity contribution in [2.75, 3.05) is 20.1 Å². The number of carbonyl (C=O) groups is 2. The predicted octanol–water partition coefficient (Wildman–Crippen LogP) is 0.357. The fraction of sp³-hybridized carbons (Fsp3) is 0.500. The van der Waals surface area contributed by atoms with E-state index < -0.39 is 0 Å². The van der Waals surface area contributed by atoms with Gasteiger partial charge in [0.25, 0.3) is 5.91 Å². The van der Waals surface area contributed by atoms with Crippen LogP contribution in [0.5, 0.6) is 0 Å². The Kier molecular flexibility index (Phi) is 4.44. The first kappa shape index (κ1) is 14.3. The van der Waals surface area contributed by atoms with Gasteiger partial charge in [-0.05, 0) is 19.1 Å². The highest BCUT2D eigenvalue weighted by molar-refractivity contribution is 7.16. The fourth-order valence-corrected chi connectivity index (χ4v) is 3.18. The predicted molar refractivity (Wildman–Crippen MR) is 74.5 cm³/mol. The van der Waals surface area contributed by atoms with Crippen LogP contribution in [0, 0.1) is 0 Å². The molecule has 0 aliphatic carbocycles. The number of amides is 3. The summed E-state index contributed by atoms with van der Waals surface area (Å²) < 4.78 is 0.751. The summed E-state index contributed by atoms with van der Waals surface area (Å²) in [5.74, 6) is -0.129. The molecule has 3 amide bonds. The highest BCUT2D eigenvalue weighted by atomic mass is 35.5. The van der Waals surface area contributed by atoms with E-state index >= 15 is 0 Å². The molecule has 2 atom stereocenters. The van der Waals surface area contributed by atoms with E-state index in [2.05, 4.69) is 5.32 Å². The van der Waals surface area contributed by atoms with Crippen molar-refractivity contribution in [3.05, 3.63) is 21.3 Å². The lowest BCUT2D eigenvalue weighted by molar-refractivity contribution is -0.908. The minimum Gasteiger partial charge on any atom is -0.336 e. The van der Waals surface area contributed by atoms with Gasteiger partial charge >= 0.3 is 6.03 Å². The molecule has 1 aromatic rings. The molecule has 19 heavy (non-hydrogen) atoms. The Morgan fingerprint density at radius 1 is 1.63 bits per heavy atom. The maximum Gasteiger partial charge on any atom is 0.324 e. The highest BCUT2D eigenvalue weighted by Crippen LogP contribution is 2.20. The molecular weight excluding hydrogens is 286 g/mol. The van der Waals surface area contributed by atoms with Gasteiger partial charge in [0.15, 0.2) is 6.04 Å². The van der Waals surface area contributed by atoms with Gasteiger partial charge in [-0.25, -0.2) is 4.79 Å². The molecule has 1 unspecified atom stereocenters. The van der Waals surface area contributed by atoms with Crippen molar-refractivity contribution in [1.82, 2.24) is 10.2 Å². The number of thiophene rings is 1. The van der Waals surface area contributed by atoms with E-state index in [1.165, 1.54) is 16.2 Å². The van der Waals surface area contributed by atoms with Crippen molar-refractivity contribution in [1.29, 1.82) is 0 Å². The zero-order valence-electron chi connectivity index (χ0n) is 10.9. The summed E-state index contributed by atoms with van der Waals surface area (Å²) in [4.78, 5) is 27.2. The number of nitrogens with one attached hydrogen (secondary N) is 2. The van der Waals surface area contributed by atoms with Crippen molar-refractivity contribution in [3.63, 3.8) is 0 Å². The van der Waals surface area contributed by atoms with E-state index in [9.17, 15) is 9.59 Å². The monoisotopic (exact) mass is 302 g/mol. The topological polar surface area (TPSA) is 53.9 Å². The number of carbonyl (C=O) groups excluding carboxylic acids is 2. The number of imide groups is 1. The van der Waals surface area contributed by atoms with E-state index in [1.54, 1.807) is 0 Å². The van der Waals surface area contributed by atoms with Gasteiger partial charge in [-0.15, -0.1) is 11.3 Å². The molecule has 0 spiro atoms. The van der Waals surface area contributed by atoms with E-state index in [0.29, 0.717) is 13.1 Å². The number of hydrogen-bond donors (Lipinski definition) is 2. The molecule has 1 fully saturated rings. The number of quaternary nitrogens is 1. The Hall–Kier alpha value is -1.11. The minimum atomic E-state index is -0.288. The maximum absolute atomic E-state index is 12.2. The molecular formula is C12H17ClN3O2S+. The summed E-state index contributed by atoms with van der Waals surface area (Å²) >= 11 is 7.41. The first-order valence-corrected chi connectivity index (χ1v) is 7.34. The summed E-state index contributed by atoms with van der Waals surface area (Å²) in [5, 5.41) is 2.64. The molecule has 5 nitrogen and oxygen atoms in total. The molecule has 0 bridgehead atoms. The summed E-state index contributed by atoms with van der Waals surface area (Å²) in [6.45, 7) is 3.56. The SMILES string of the molecule is C[C@H](C(=O)N1CCNC1=O)[NH+](C)Cc1ccc(Cl)s1. The van der Waals surface area contributed by atoms with Gasteiger partial charge in [0.1, 0.15) is 6.54 Å². The Morgan fingerprint density at radius 3 is 2.89 bits per heavy atom. The Balaban J connectivity index is 1.96. The molecule has 1 saturated heterocycles. The second-order valence-electron chi connectivity index (χ2n) is 4.67. The maximum atomic E-state index is 12.2. The first-order chi connectivity index (χ1) is 8.99. The lowest BCUT2D eigenvalue weighted by Gasteiger charge is -2.23. The zero-order valence-corrected chi connectivity index (χ0v) is 12.5. The average molecular weight is 303 g/mol. The Labute approximate surface area is 121 Å². The molecule has 1 aliphatic heterocycles. The number of likely N-dealkylation sites (N-methyl/N-ethyl adjacent to an activating group) is 1. The van der Waals surface area contributed by atoms with Gasteiger partial charge in [-0.3, -0.25) is 9.69 Å². The third-order valence-electron chi connectivity index (χ3n) is 3.31. The van der Waals surface area contributed by atoms with Crippen LogP contribution in [0.2, 0.25) is 4.34 Å². The highest BCUT2D eigenvalue weighted by Gasteiger charge is 2.33. The van der Waals surface area contributed by atoms with Crippen molar-refractivity contribution >= 4 is 34.9 Å². The number of halogens is 1. The number of urea groups is 1. The van der Waals surface area contributed by atoms with Gasteiger partial charge in [0, 0.05) is 13.1 Å². The third kappa shape index (κ3) is 3.26. The molecule has 7 heteroatoms. The smallest absolute Gasteiger partial charge is 0.324 e. The van der Waals surface area contributed by atoms with Gasteiger partial charge < -0.3 is 10.2 Å². The van der Waals surface area contributed by atoms with E-state index in [0.717, 1.165) is 20.7 Å². The van der Waals surface area contributed by atoms with E-state index in [1.807, 2.05) is 26.1 Å². The fourth-order valence-electron chi connectivity index (χ4n) is 2.00. The molecule has 2 heterocycles. The van der Waals surface area contributed by atoms with Crippen LogP contribution in [0.25, 0.3) is 0 Å². The summed E-state index contributed by atoms with van der Waals surface area (Å²) in [7, 11) is 1.95. The molecule has 2 rings (SSSR count). The minimum absolute atomic E-state index is 0.129. The summed E-state index contributed by atoms with van der Waals surface area (Å²) in [5.41, 5.74) is 0. The molecule has 2 N–H and O–H groups in total. The first-order valence-electron chi connectivity index (χ1n) is 6.14. The van der Waals surface area contributed by atoms with Crippen LogP contribution in [-0.2, 0) is 11.3 Å². The largest absolute Gasteiger partial charge is 0.336 e. The number of rotatable bonds is 4. The Bertz CT molecular complexity index is 491. The third-order valence-corrected chi connectivity index (χ3v) is 4.55. The van der Waals surface area contributed by atoms with Crippen molar-refractivity contribution < 1.29 is 14.5 Å². The standard InChI is InChI=1S/C12H16ClN3O2S/c1-8(11(17)16-6-5-14-12(16)18)15(2)7-9-3-4-10(13)19-9/h3-4,8H,5-7H2,1-2H3,(H,14,18)/p+1/t8-/m1/s1. The van der Waals surface area contributed by atoms with Gasteiger partial charge in [0.2, 0.25) is 0 Å². The lowest BCUT2D eigenvalue weighted by Crippen LogP contribution is -3.12. The van der Waals surface area contributed by atoms with Gasteiger partial charge in [-0.1, -0.05) is 11.6 Å². The molecule has 104 valence electrons. The quantitative estimate of drug-likeness (QED) is 0.844. The van der Waals surface area contributed by atoms with Crippen LogP contribution in [0.4, 0.5) is 4.79 Å².